The standard InChI is InChI=1S/C26H29N3O3/c30-24(13-10-20-5-2-1-3-6-20)28-17-14-22(15-18-28)26(32)27-19-21-8-11-23(12-9-21)29-16-4-7-25(29)31/h1-3,5-6,8-13,22H,4,7,14-19H2,(H,27,32). The van der Waals surface area contributed by atoms with Crippen LogP contribution in [0.3, 0.4) is 0 Å². The summed E-state index contributed by atoms with van der Waals surface area (Å²) in [6.45, 7) is 2.42. The highest BCUT2D eigenvalue weighted by Crippen LogP contribution is 2.22. The van der Waals surface area contributed by atoms with Gasteiger partial charge in [0.2, 0.25) is 17.7 Å². The summed E-state index contributed by atoms with van der Waals surface area (Å²) in [6.07, 6.45) is 6.30. The lowest BCUT2D eigenvalue weighted by Gasteiger charge is -2.30. The number of hydrogen-bond donors (Lipinski definition) is 1. The third-order valence-electron chi connectivity index (χ3n) is 6.18. The molecule has 2 aromatic rings. The van der Waals surface area contributed by atoms with Crippen LogP contribution >= 0.6 is 0 Å². The van der Waals surface area contributed by atoms with Crippen molar-refractivity contribution in [3.63, 3.8) is 0 Å². The number of carbonyl (C=O) groups is 3. The third kappa shape index (κ3) is 5.44. The second-order valence-electron chi connectivity index (χ2n) is 8.38. The van der Waals surface area contributed by atoms with Crippen molar-refractivity contribution in [3.05, 3.63) is 71.8 Å². The highest BCUT2D eigenvalue weighted by molar-refractivity contribution is 5.95. The monoisotopic (exact) mass is 431 g/mol. The predicted molar refractivity (Wildman–Crippen MR) is 125 cm³/mol. The fourth-order valence-electron chi connectivity index (χ4n) is 4.25. The van der Waals surface area contributed by atoms with E-state index in [1.165, 1.54) is 0 Å². The smallest absolute Gasteiger partial charge is 0.246 e. The third-order valence-corrected chi connectivity index (χ3v) is 6.18. The summed E-state index contributed by atoms with van der Waals surface area (Å²) in [5.74, 6) is 0.130. The van der Waals surface area contributed by atoms with Crippen molar-refractivity contribution in [2.75, 3.05) is 24.5 Å². The minimum absolute atomic E-state index is 0.00992. The quantitative estimate of drug-likeness (QED) is 0.713. The Labute approximate surface area is 188 Å². The molecule has 0 unspecified atom stereocenters. The van der Waals surface area contributed by atoms with E-state index >= 15 is 0 Å². The lowest BCUT2D eigenvalue weighted by Crippen LogP contribution is -2.42. The normalized spacial score (nSPS) is 17.2. The van der Waals surface area contributed by atoms with Crippen LogP contribution in [-0.2, 0) is 20.9 Å². The first-order valence-electron chi connectivity index (χ1n) is 11.3. The van der Waals surface area contributed by atoms with E-state index in [9.17, 15) is 14.4 Å². The highest BCUT2D eigenvalue weighted by atomic mass is 16.2. The molecule has 0 spiro atoms. The van der Waals surface area contributed by atoms with E-state index in [0.29, 0.717) is 38.9 Å². The number of rotatable bonds is 6. The molecule has 2 saturated heterocycles. The van der Waals surface area contributed by atoms with Crippen LogP contribution in [0, 0.1) is 5.92 Å². The van der Waals surface area contributed by atoms with E-state index in [1.54, 1.807) is 6.08 Å². The average Bonchev–Trinajstić information content (AvgIpc) is 3.28. The molecule has 0 radical (unpaired) electrons. The lowest BCUT2D eigenvalue weighted by atomic mass is 9.95. The van der Waals surface area contributed by atoms with Gasteiger partial charge in [-0.3, -0.25) is 14.4 Å². The fraction of sp³-hybridized carbons (Fsp3) is 0.346. The van der Waals surface area contributed by atoms with E-state index in [0.717, 1.165) is 29.8 Å². The fourth-order valence-corrected chi connectivity index (χ4v) is 4.25. The van der Waals surface area contributed by atoms with Crippen LogP contribution in [0.1, 0.15) is 36.8 Å². The van der Waals surface area contributed by atoms with E-state index in [4.69, 9.17) is 0 Å². The van der Waals surface area contributed by atoms with E-state index in [1.807, 2.05) is 70.5 Å². The first kappa shape index (κ1) is 21.8. The number of nitrogens with one attached hydrogen (secondary N) is 1. The van der Waals surface area contributed by atoms with Gasteiger partial charge in [0.15, 0.2) is 0 Å². The molecule has 1 N–H and O–H groups in total. The molecule has 0 bridgehead atoms. The second kappa shape index (κ2) is 10.3. The number of hydrogen-bond acceptors (Lipinski definition) is 3. The zero-order valence-electron chi connectivity index (χ0n) is 18.2. The molecule has 2 aliphatic rings. The van der Waals surface area contributed by atoms with Crippen molar-refractivity contribution in [3.8, 4) is 0 Å². The molecule has 2 aromatic carbocycles. The number of nitrogens with zero attached hydrogens (tertiary/aromatic N) is 2. The van der Waals surface area contributed by atoms with E-state index in [-0.39, 0.29) is 23.6 Å². The number of likely N-dealkylation sites (tertiary alicyclic amines) is 1. The zero-order chi connectivity index (χ0) is 22.3. The Kier molecular flexibility index (Phi) is 7.00. The minimum atomic E-state index is -0.0707. The molecule has 0 aliphatic carbocycles. The molecule has 2 fully saturated rings. The first-order valence-corrected chi connectivity index (χ1v) is 11.3. The molecule has 0 atom stereocenters. The van der Waals surface area contributed by atoms with Crippen LogP contribution in [0.15, 0.2) is 60.7 Å². The maximum Gasteiger partial charge on any atom is 0.246 e. The van der Waals surface area contributed by atoms with Crippen molar-refractivity contribution < 1.29 is 14.4 Å². The van der Waals surface area contributed by atoms with Crippen molar-refractivity contribution in [2.24, 2.45) is 5.92 Å². The van der Waals surface area contributed by atoms with Crippen molar-refractivity contribution in [2.45, 2.75) is 32.2 Å². The maximum absolute atomic E-state index is 12.6. The summed E-state index contributed by atoms with van der Waals surface area (Å²) in [5, 5.41) is 3.02. The van der Waals surface area contributed by atoms with Crippen molar-refractivity contribution in [1.82, 2.24) is 10.2 Å². The predicted octanol–water partition coefficient (Wildman–Crippen LogP) is 3.38. The average molecular weight is 432 g/mol. The second-order valence-corrected chi connectivity index (χ2v) is 8.38. The topological polar surface area (TPSA) is 69.7 Å². The Bertz CT molecular complexity index is 977. The van der Waals surface area contributed by atoms with Gasteiger partial charge < -0.3 is 15.1 Å². The number of benzene rings is 2. The molecule has 2 heterocycles. The van der Waals surface area contributed by atoms with Gasteiger partial charge in [0.05, 0.1) is 0 Å². The van der Waals surface area contributed by atoms with E-state index < -0.39 is 0 Å². The highest BCUT2D eigenvalue weighted by Gasteiger charge is 2.26. The molecule has 166 valence electrons. The summed E-state index contributed by atoms with van der Waals surface area (Å²) in [4.78, 5) is 40.5. The van der Waals surface area contributed by atoms with Crippen molar-refractivity contribution >= 4 is 29.5 Å². The Morgan fingerprint density at radius 2 is 1.69 bits per heavy atom. The molecule has 6 nitrogen and oxygen atoms in total. The Morgan fingerprint density at radius 1 is 0.969 bits per heavy atom. The van der Waals surface area contributed by atoms with Crippen LogP contribution in [0.2, 0.25) is 0 Å². The minimum Gasteiger partial charge on any atom is -0.352 e. The van der Waals surface area contributed by atoms with Crippen LogP contribution in [0.25, 0.3) is 6.08 Å². The number of anilines is 1. The van der Waals surface area contributed by atoms with Gasteiger partial charge in [-0.1, -0.05) is 42.5 Å². The van der Waals surface area contributed by atoms with Crippen LogP contribution in [-0.4, -0.2) is 42.3 Å². The number of carbonyl (C=O) groups excluding carboxylic acids is 3. The first-order chi connectivity index (χ1) is 15.6. The van der Waals surface area contributed by atoms with Crippen LogP contribution < -0.4 is 10.2 Å². The van der Waals surface area contributed by atoms with Gasteiger partial charge in [-0.15, -0.1) is 0 Å². The molecular formula is C26H29N3O3. The van der Waals surface area contributed by atoms with Crippen LogP contribution in [0.5, 0.6) is 0 Å². The summed E-state index contributed by atoms with van der Waals surface area (Å²) in [5.41, 5.74) is 2.92. The van der Waals surface area contributed by atoms with Gasteiger partial charge in [0.1, 0.15) is 0 Å². The van der Waals surface area contributed by atoms with Crippen molar-refractivity contribution in [1.29, 1.82) is 0 Å². The van der Waals surface area contributed by atoms with E-state index in [2.05, 4.69) is 5.32 Å². The molecule has 6 heteroatoms. The molecule has 3 amide bonds. The van der Waals surface area contributed by atoms with Gasteiger partial charge in [0.25, 0.3) is 0 Å². The molecule has 4 rings (SSSR count). The summed E-state index contributed by atoms with van der Waals surface area (Å²) < 4.78 is 0. The van der Waals surface area contributed by atoms with Gasteiger partial charge in [-0.2, -0.15) is 0 Å². The largest absolute Gasteiger partial charge is 0.352 e. The van der Waals surface area contributed by atoms with Gasteiger partial charge in [-0.25, -0.2) is 0 Å². The zero-order valence-corrected chi connectivity index (χ0v) is 18.2. The summed E-state index contributed by atoms with van der Waals surface area (Å²) in [6, 6.07) is 17.5. The van der Waals surface area contributed by atoms with Gasteiger partial charge in [-0.05, 0) is 48.6 Å². The number of piperidine rings is 1. The Hall–Kier alpha value is -3.41. The summed E-state index contributed by atoms with van der Waals surface area (Å²) >= 11 is 0. The molecule has 0 aromatic heterocycles. The maximum atomic E-state index is 12.6. The Morgan fingerprint density at radius 3 is 2.34 bits per heavy atom. The summed E-state index contributed by atoms with van der Waals surface area (Å²) in [7, 11) is 0. The lowest BCUT2D eigenvalue weighted by molar-refractivity contribution is -0.132. The molecule has 0 saturated carbocycles. The van der Waals surface area contributed by atoms with Crippen LogP contribution in [0.4, 0.5) is 5.69 Å². The SMILES string of the molecule is O=C(NCc1ccc(N2CCCC2=O)cc1)C1CCN(C(=O)C=Cc2ccccc2)CC1. The Balaban J connectivity index is 1.21. The molecular weight excluding hydrogens is 402 g/mol. The van der Waals surface area contributed by atoms with Gasteiger partial charge in [0, 0.05) is 50.3 Å². The number of amides is 3. The molecule has 2 aliphatic heterocycles. The van der Waals surface area contributed by atoms with Gasteiger partial charge >= 0.3 is 0 Å². The molecule has 32 heavy (non-hydrogen) atoms.